The molecule has 29 heavy (non-hydrogen) atoms. The van der Waals surface area contributed by atoms with Crippen molar-refractivity contribution in [1.82, 2.24) is 0 Å². The van der Waals surface area contributed by atoms with Crippen molar-refractivity contribution in [3.05, 3.63) is 54.1 Å². The summed E-state index contributed by atoms with van der Waals surface area (Å²) in [5, 5.41) is 14.0. The highest BCUT2D eigenvalue weighted by Crippen LogP contribution is 2.31. The van der Waals surface area contributed by atoms with Crippen LogP contribution in [0.5, 0.6) is 0 Å². The molecule has 2 N–H and O–H groups in total. The van der Waals surface area contributed by atoms with Crippen LogP contribution in [0.4, 0.5) is 11.4 Å². The number of benzene rings is 2. The summed E-state index contributed by atoms with van der Waals surface area (Å²) in [6.07, 6.45) is 2.54. The van der Waals surface area contributed by atoms with Crippen LogP contribution in [0.1, 0.15) is 31.2 Å². The first kappa shape index (κ1) is 20.9. The summed E-state index contributed by atoms with van der Waals surface area (Å²) >= 11 is 0. The molecule has 8 heteroatoms. The number of aliphatic carboxylic acids is 1. The third-order valence-corrected chi connectivity index (χ3v) is 6.54. The van der Waals surface area contributed by atoms with E-state index in [9.17, 15) is 23.1 Å². The summed E-state index contributed by atoms with van der Waals surface area (Å²) in [4.78, 5) is 23.9. The fourth-order valence-corrected chi connectivity index (χ4v) is 4.57. The molecule has 0 aromatic heterocycles. The van der Waals surface area contributed by atoms with Crippen LogP contribution in [0.25, 0.3) is 0 Å². The van der Waals surface area contributed by atoms with Gasteiger partial charge in [-0.05, 0) is 56.2 Å². The van der Waals surface area contributed by atoms with Crippen LogP contribution < -0.4 is 15.1 Å². The number of rotatable bonds is 6. The minimum Gasteiger partial charge on any atom is -0.550 e. The van der Waals surface area contributed by atoms with E-state index in [1.165, 1.54) is 12.1 Å². The van der Waals surface area contributed by atoms with Crippen molar-refractivity contribution in [2.45, 2.75) is 37.5 Å². The minimum absolute atomic E-state index is 0.158. The quantitative estimate of drug-likeness (QED) is 0.751. The summed E-state index contributed by atoms with van der Waals surface area (Å²) in [6.45, 7) is 1.87. The van der Waals surface area contributed by atoms with Crippen molar-refractivity contribution in [2.24, 2.45) is 11.8 Å². The molecule has 1 saturated carbocycles. The fraction of sp³-hybridized carbons (Fsp3) is 0.333. The second-order valence-corrected chi connectivity index (χ2v) is 8.98. The summed E-state index contributed by atoms with van der Waals surface area (Å²) in [5.41, 5.74) is 1.78. The molecule has 154 valence electrons. The fourth-order valence-electron chi connectivity index (χ4n) is 3.51. The maximum Gasteiger partial charge on any atom is 0.261 e. The number of carbonyl (C=O) groups excluding carboxylic acids is 2. The molecular weight excluding hydrogens is 392 g/mol. The van der Waals surface area contributed by atoms with E-state index in [4.69, 9.17) is 0 Å². The summed E-state index contributed by atoms with van der Waals surface area (Å²) in [7, 11) is -3.71. The average molecular weight is 415 g/mol. The lowest BCUT2D eigenvalue weighted by atomic mass is 9.78. The van der Waals surface area contributed by atoms with Gasteiger partial charge in [0.2, 0.25) is 5.91 Å². The van der Waals surface area contributed by atoms with Gasteiger partial charge in [-0.15, -0.1) is 0 Å². The lowest BCUT2D eigenvalue weighted by molar-refractivity contribution is -0.313. The molecule has 2 atom stereocenters. The number of hydrogen-bond acceptors (Lipinski definition) is 5. The first-order chi connectivity index (χ1) is 13.8. The van der Waals surface area contributed by atoms with E-state index in [0.29, 0.717) is 24.2 Å². The number of anilines is 2. The Balaban J connectivity index is 1.66. The van der Waals surface area contributed by atoms with E-state index in [1.807, 2.05) is 6.92 Å². The maximum atomic E-state index is 12.5. The molecule has 1 aliphatic rings. The zero-order valence-corrected chi connectivity index (χ0v) is 16.9. The third kappa shape index (κ3) is 5.14. The van der Waals surface area contributed by atoms with Gasteiger partial charge in [0.1, 0.15) is 0 Å². The van der Waals surface area contributed by atoms with Crippen LogP contribution in [0, 0.1) is 18.8 Å². The van der Waals surface area contributed by atoms with Gasteiger partial charge in [-0.25, -0.2) is 8.42 Å². The van der Waals surface area contributed by atoms with E-state index in [2.05, 4.69) is 10.0 Å². The monoisotopic (exact) mass is 415 g/mol. The summed E-state index contributed by atoms with van der Waals surface area (Å²) in [5.74, 6) is -2.93. The third-order valence-electron chi connectivity index (χ3n) is 5.14. The highest BCUT2D eigenvalue weighted by Gasteiger charge is 2.31. The Labute approximate surface area is 170 Å². The van der Waals surface area contributed by atoms with E-state index >= 15 is 0 Å². The smallest absolute Gasteiger partial charge is 0.261 e. The Morgan fingerprint density at radius 3 is 2.03 bits per heavy atom. The Kier molecular flexibility index (Phi) is 6.22. The lowest BCUT2D eigenvalue weighted by Gasteiger charge is -2.31. The van der Waals surface area contributed by atoms with E-state index in [0.717, 1.165) is 18.4 Å². The molecular formula is C21H23N2O5S-. The van der Waals surface area contributed by atoms with Crippen LogP contribution in [0.15, 0.2) is 53.4 Å². The number of hydrogen-bond donors (Lipinski definition) is 2. The number of amides is 1. The highest BCUT2D eigenvalue weighted by atomic mass is 32.2. The molecule has 2 aromatic carbocycles. The average Bonchev–Trinajstić information content (AvgIpc) is 2.69. The number of aryl methyl sites for hydroxylation is 1. The van der Waals surface area contributed by atoms with Crippen LogP contribution >= 0.6 is 0 Å². The zero-order valence-electron chi connectivity index (χ0n) is 16.1. The topological polar surface area (TPSA) is 115 Å². The maximum absolute atomic E-state index is 12.5. The second kappa shape index (κ2) is 8.65. The molecule has 0 aliphatic heterocycles. The number of carbonyl (C=O) groups is 2. The van der Waals surface area contributed by atoms with Gasteiger partial charge in [0.15, 0.2) is 0 Å². The minimum atomic E-state index is -3.71. The largest absolute Gasteiger partial charge is 0.550 e. The highest BCUT2D eigenvalue weighted by molar-refractivity contribution is 7.92. The van der Waals surface area contributed by atoms with Crippen molar-refractivity contribution >= 4 is 33.3 Å². The Bertz CT molecular complexity index is 985. The molecule has 2 unspecified atom stereocenters. The van der Waals surface area contributed by atoms with Gasteiger partial charge in [-0.1, -0.05) is 30.5 Å². The Hall–Kier alpha value is -2.87. The SMILES string of the molecule is Cc1ccc(S(=O)(=O)Nc2ccc(NC(=O)C3CCCCC3C(=O)[O-])cc2)cc1. The summed E-state index contributed by atoms with van der Waals surface area (Å²) < 4.78 is 27.4. The number of sulfonamides is 1. The molecule has 0 spiro atoms. The first-order valence-electron chi connectivity index (χ1n) is 9.47. The van der Waals surface area contributed by atoms with E-state index in [-0.39, 0.29) is 10.8 Å². The van der Waals surface area contributed by atoms with Crippen molar-refractivity contribution in [3.63, 3.8) is 0 Å². The van der Waals surface area contributed by atoms with Gasteiger partial charge >= 0.3 is 0 Å². The van der Waals surface area contributed by atoms with Crippen molar-refractivity contribution in [1.29, 1.82) is 0 Å². The van der Waals surface area contributed by atoms with E-state index < -0.39 is 27.8 Å². The van der Waals surface area contributed by atoms with Crippen LogP contribution in [0.3, 0.4) is 0 Å². The van der Waals surface area contributed by atoms with Gasteiger partial charge in [0.25, 0.3) is 10.0 Å². The van der Waals surface area contributed by atoms with Crippen LogP contribution in [-0.2, 0) is 19.6 Å². The predicted molar refractivity (Wildman–Crippen MR) is 108 cm³/mol. The number of carboxylic acids is 1. The van der Waals surface area contributed by atoms with Crippen molar-refractivity contribution in [3.8, 4) is 0 Å². The second-order valence-electron chi connectivity index (χ2n) is 7.30. The first-order valence-corrected chi connectivity index (χ1v) is 11.0. The predicted octanol–water partition coefficient (Wildman–Crippen LogP) is 2.29. The molecule has 1 aliphatic carbocycles. The summed E-state index contributed by atoms with van der Waals surface area (Å²) in [6, 6.07) is 12.7. The zero-order chi connectivity index (χ0) is 21.0. The molecule has 1 amide bonds. The van der Waals surface area contributed by atoms with Gasteiger partial charge in [0, 0.05) is 29.2 Å². The Morgan fingerprint density at radius 1 is 0.897 bits per heavy atom. The molecule has 0 bridgehead atoms. The molecule has 0 saturated heterocycles. The lowest BCUT2D eigenvalue weighted by Crippen LogP contribution is -2.42. The van der Waals surface area contributed by atoms with Gasteiger partial charge in [-0.2, -0.15) is 0 Å². The van der Waals surface area contributed by atoms with Crippen LogP contribution in [-0.4, -0.2) is 20.3 Å². The van der Waals surface area contributed by atoms with Crippen molar-refractivity contribution < 1.29 is 23.1 Å². The van der Waals surface area contributed by atoms with Gasteiger partial charge < -0.3 is 15.2 Å². The molecule has 1 fully saturated rings. The molecule has 7 nitrogen and oxygen atoms in total. The van der Waals surface area contributed by atoms with E-state index in [1.54, 1.807) is 36.4 Å². The molecule has 2 aromatic rings. The number of nitrogens with one attached hydrogen (secondary N) is 2. The standard InChI is InChI=1S/C21H24N2O5S/c1-14-6-12-17(13-7-14)29(27,28)23-16-10-8-15(9-11-16)22-20(24)18-4-2-3-5-19(18)21(25)26/h6-13,18-19,23H,2-5H2,1H3,(H,22,24)(H,25,26)/p-1. The molecule has 3 rings (SSSR count). The van der Waals surface area contributed by atoms with Crippen molar-refractivity contribution in [2.75, 3.05) is 10.0 Å². The van der Waals surface area contributed by atoms with Crippen LogP contribution in [0.2, 0.25) is 0 Å². The molecule has 0 heterocycles. The number of carboxylic acid groups (broad SMARTS) is 1. The Morgan fingerprint density at radius 2 is 1.45 bits per heavy atom. The van der Waals surface area contributed by atoms with Gasteiger partial charge in [-0.3, -0.25) is 9.52 Å². The molecule has 0 radical (unpaired) electrons. The van der Waals surface area contributed by atoms with Gasteiger partial charge in [0.05, 0.1) is 4.90 Å². The normalized spacial score (nSPS) is 19.3.